The van der Waals surface area contributed by atoms with Gasteiger partial charge in [-0.3, -0.25) is 14.9 Å². The Bertz CT molecular complexity index is 573. The van der Waals surface area contributed by atoms with E-state index in [9.17, 15) is 14.9 Å². The molecule has 0 atom stereocenters. The molecule has 0 bridgehead atoms. The average molecular weight is 267 g/mol. The monoisotopic (exact) mass is 267 g/mol. The van der Waals surface area contributed by atoms with Gasteiger partial charge in [-0.2, -0.15) is 4.99 Å². The van der Waals surface area contributed by atoms with Gasteiger partial charge in [-0.25, -0.2) is 0 Å². The maximum absolute atomic E-state index is 11.6. The van der Waals surface area contributed by atoms with E-state index in [1.807, 2.05) is 0 Å². The number of amidine groups is 1. The topological polar surface area (TPSA) is 89.0 Å². The molecule has 7 nitrogen and oxygen atoms in total. The van der Waals surface area contributed by atoms with Gasteiger partial charge < -0.3 is 9.32 Å². The van der Waals surface area contributed by atoms with Crippen LogP contribution < -0.4 is 0 Å². The molecule has 0 saturated heterocycles. The van der Waals surface area contributed by atoms with Crippen LogP contribution in [0.2, 0.25) is 0 Å². The lowest BCUT2D eigenvalue weighted by Gasteiger charge is -2.08. The molecule has 1 aromatic heterocycles. The van der Waals surface area contributed by atoms with Gasteiger partial charge in [0.1, 0.15) is 10.7 Å². The number of carbonyl (C=O) groups is 1. The van der Waals surface area contributed by atoms with Crippen LogP contribution in [0.5, 0.6) is 0 Å². The van der Waals surface area contributed by atoms with Crippen LogP contribution in [0, 0.1) is 10.1 Å². The van der Waals surface area contributed by atoms with E-state index in [4.69, 9.17) is 4.42 Å². The highest BCUT2D eigenvalue weighted by atomic mass is 32.2. The zero-order chi connectivity index (χ0) is 13.3. The highest BCUT2D eigenvalue weighted by Crippen LogP contribution is 2.30. The number of thioether (sulfide) groups is 1. The standard InChI is InChI=1S/C10H9N3O4S/c1-12(2)10-11-9(14)7(18-10)5-6-3-4-8(17-6)13(15)16/h3-5H,1-2H3. The van der Waals surface area contributed by atoms with Crippen molar-refractivity contribution < 1.29 is 14.1 Å². The number of aliphatic imine (C=N–C) groups is 1. The molecule has 0 fully saturated rings. The lowest BCUT2D eigenvalue weighted by molar-refractivity contribution is -0.402. The van der Waals surface area contributed by atoms with Gasteiger partial charge >= 0.3 is 5.88 Å². The van der Waals surface area contributed by atoms with Crippen LogP contribution in [-0.4, -0.2) is 35.0 Å². The molecule has 94 valence electrons. The molecule has 2 rings (SSSR count). The summed E-state index contributed by atoms with van der Waals surface area (Å²) in [4.78, 5) is 27.3. The molecule has 0 aliphatic carbocycles. The number of nitro groups is 1. The largest absolute Gasteiger partial charge is 0.433 e. The third-order valence-corrected chi connectivity index (χ3v) is 3.21. The predicted octanol–water partition coefficient (Wildman–Crippen LogP) is 1.72. The summed E-state index contributed by atoms with van der Waals surface area (Å²) >= 11 is 1.20. The van der Waals surface area contributed by atoms with Gasteiger partial charge in [-0.05, 0) is 17.8 Å². The third kappa shape index (κ3) is 2.43. The molecule has 8 heteroatoms. The van der Waals surface area contributed by atoms with E-state index < -0.39 is 4.92 Å². The van der Waals surface area contributed by atoms with E-state index in [-0.39, 0.29) is 17.6 Å². The van der Waals surface area contributed by atoms with E-state index in [1.54, 1.807) is 19.0 Å². The van der Waals surface area contributed by atoms with E-state index >= 15 is 0 Å². The number of carbonyl (C=O) groups excluding carboxylic acids is 1. The lowest BCUT2D eigenvalue weighted by atomic mass is 10.4. The number of amides is 1. The molecule has 1 amide bonds. The SMILES string of the molecule is CN(C)C1=NC(=O)C(=Cc2ccc([N+](=O)[O-])o2)S1. The Morgan fingerprint density at radius 3 is 2.72 bits per heavy atom. The molecular formula is C10H9N3O4S. The van der Waals surface area contributed by atoms with E-state index in [2.05, 4.69) is 4.99 Å². The third-order valence-electron chi connectivity index (χ3n) is 2.06. The molecule has 0 unspecified atom stereocenters. The second kappa shape index (κ2) is 4.65. The maximum atomic E-state index is 11.6. The van der Waals surface area contributed by atoms with Gasteiger partial charge in [0.25, 0.3) is 5.91 Å². The summed E-state index contributed by atoms with van der Waals surface area (Å²) in [7, 11) is 3.56. The molecule has 1 aromatic rings. The average Bonchev–Trinajstić information content (AvgIpc) is 2.87. The molecule has 0 spiro atoms. The van der Waals surface area contributed by atoms with Crippen molar-refractivity contribution in [3.63, 3.8) is 0 Å². The molecule has 1 aliphatic heterocycles. The summed E-state index contributed by atoms with van der Waals surface area (Å²) in [5.74, 6) is -0.471. The Morgan fingerprint density at radius 2 is 2.22 bits per heavy atom. The number of hydrogen-bond donors (Lipinski definition) is 0. The van der Waals surface area contributed by atoms with Crippen molar-refractivity contribution in [2.75, 3.05) is 14.1 Å². The number of nitrogens with zero attached hydrogens (tertiary/aromatic N) is 3. The second-order valence-corrected chi connectivity index (χ2v) is 4.65. The fourth-order valence-electron chi connectivity index (χ4n) is 1.24. The molecule has 0 radical (unpaired) electrons. The Morgan fingerprint density at radius 1 is 1.50 bits per heavy atom. The zero-order valence-corrected chi connectivity index (χ0v) is 10.4. The van der Waals surface area contributed by atoms with Crippen molar-refractivity contribution in [2.45, 2.75) is 0 Å². The summed E-state index contributed by atoms with van der Waals surface area (Å²) in [5, 5.41) is 11.0. The minimum atomic E-state index is -0.632. The minimum Gasteiger partial charge on any atom is -0.401 e. The van der Waals surface area contributed by atoms with Crippen molar-refractivity contribution >= 4 is 34.8 Å². The highest BCUT2D eigenvalue weighted by Gasteiger charge is 2.23. The van der Waals surface area contributed by atoms with Crippen LogP contribution in [0.1, 0.15) is 5.76 Å². The summed E-state index contributed by atoms with van der Waals surface area (Å²) < 4.78 is 4.95. The Labute approximate surface area is 106 Å². The normalized spacial score (nSPS) is 17.1. The molecule has 2 heterocycles. The van der Waals surface area contributed by atoms with Gasteiger partial charge in [0, 0.05) is 20.2 Å². The van der Waals surface area contributed by atoms with Crippen molar-refractivity contribution in [1.29, 1.82) is 0 Å². The molecule has 18 heavy (non-hydrogen) atoms. The smallest absolute Gasteiger partial charge is 0.401 e. The van der Waals surface area contributed by atoms with E-state index in [1.165, 1.54) is 30.0 Å². The number of furan rings is 1. The van der Waals surface area contributed by atoms with Gasteiger partial charge in [-0.1, -0.05) is 0 Å². The maximum Gasteiger partial charge on any atom is 0.433 e. The summed E-state index contributed by atoms with van der Waals surface area (Å²) in [6.45, 7) is 0. The van der Waals surface area contributed by atoms with Crippen LogP contribution in [-0.2, 0) is 4.79 Å². The van der Waals surface area contributed by atoms with Crippen molar-refractivity contribution in [2.24, 2.45) is 4.99 Å². The van der Waals surface area contributed by atoms with Crippen LogP contribution in [0.25, 0.3) is 6.08 Å². The second-order valence-electron chi connectivity index (χ2n) is 3.64. The van der Waals surface area contributed by atoms with Gasteiger partial charge in [0.05, 0.1) is 11.0 Å². The lowest BCUT2D eigenvalue weighted by Crippen LogP contribution is -2.16. The molecule has 0 N–H and O–H groups in total. The Balaban J connectivity index is 2.20. The Kier molecular flexibility index (Phi) is 3.19. The first-order valence-electron chi connectivity index (χ1n) is 4.91. The number of rotatable bonds is 2. The van der Waals surface area contributed by atoms with Gasteiger partial charge in [0.15, 0.2) is 5.17 Å². The first-order chi connectivity index (χ1) is 8.47. The summed E-state index contributed by atoms with van der Waals surface area (Å²) in [6, 6.07) is 2.68. The molecular weight excluding hydrogens is 258 g/mol. The molecule has 0 aromatic carbocycles. The van der Waals surface area contributed by atoms with Crippen LogP contribution in [0.15, 0.2) is 26.4 Å². The van der Waals surface area contributed by atoms with E-state index in [0.717, 1.165) is 0 Å². The fraction of sp³-hybridized carbons (Fsp3) is 0.200. The highest BCUT2D eigenvalue weighted by molar-refractivity contribution is 8.18. The van der Waals surface area contributed by atoms with Crippen molar-refractivity contribution in [1.82, 2.24) is 4.90 Å². The van der Waals surface area contributed by atoms with Crippen molar-refractivity contribution in [3.8, 4) is 0 Å². The van der Waals surface area contributed by atoms with Crippen molar-refractivity contribution in [3.05, 3.63) is 32.9 Å². The fourth-order valence-corrected chi connectivity index (χ4v) is 2.05. The summed E-state index contributed by atoms with van der Waals surface area (Å²) in [5.41, 5.74) is 0. The predicted molar refractivity (Wildman–Crippen MR) is 67.1 cm³/mol. The first-order valence-corrected chi connectivity index (χ1v) is 5.73. The minimum absolute atomic E-state index is 0.257. The Hall–Kier alpha value is -2.09. The first kappa shape index (κ1) is 12.4. The zero-order valence-electron chi connectivity index (χ0n) is 9.61. The van der Waals surface area contributed by atoms with Gasteiger partial charge in [-0.15, -0.1) is 0 Å². The van der Waals surface area contributed by atoms with Gasteiger partial charge in [0.2, 0.25) is 0 Å². The van der Waals surface area contributed by atoms with Crippen LogP contribution >= 0.6 is 11.8 Å². The summed E-state index contributed by atoms with van der Waals surface area (Å²) in [6.07, 6.45) is 1.44. The van der Waals surface area contributed by atoms with Crippen LogP contribution in [0.3, 0.4) is 0 Å². The number of hydrogen-bond acceptors (Lipinski definition) is 6. The van der Waals surface area contributed by atoms with E-state index in [0.29, 0.717) is 10.1 Å². The van der Waals surface area contributed by atoms with Crippen LogP contribution in [0.4, 0.5) is 5.88 Å². The quantitative estimate of drug-likeness (QED) is 0.460. The molecule has 0 saturated carbocycles. The molecule has 1 aliphatic rings.